The van der Waals surface area contributed by atoms with Gasteiger partial charge in [0, 0.05) is 125 Å². The number of halogens is 4. The zero-order valence-corrected chi connectivity index (χ0v) is 78.8. The van der Waals surface area contributed by atoms with Gasteiger partial charge in [-0.15, -0.1) is 0 Å². The normalized spacial score (nSPS) is 20.0. The summed E-state index contributed by atoms with van der Waals surface area (Å²) < 4.78 is 84.2. The van der Waals surface area contributed by atoms with Gasteiger partial charge in [0.05, 0.1) is 90.3 Å². The molecule has 3 aliphatic carbocycles. The second kappa shape index (κ2) is 45.7. The first kappa shape index (κ1) is 104. The van der Waals surface area contributed by atoms with Gasteiger partial charge in [0.2, 0.25) is 0 Å². The summed E-state index contributed by atoms with van der Waals surface area (Å²) >= 11 is 0. The molecule has 4 aromatic heterocycles. The summed E-state index contributed by atoms with van der Waals surface area (Å²) in [5.41, 5.74) is 23.3. The minimum atomic E-state index is -0.691. The van der Waals surface area contributed by atoms with Gasteiger partial charge in [0.1, 0.15) is 53.5 Å². The quantitative estimate of drug-likeness (QED) is 0.0249. The molecule has 8 atom stereocenters. The lowest BCUT2D eigenvalue weighted by atomic mass is 9.86. The third-order valence-corrected chi connectivity index (χ3v) is 26.0. The first-order chi connectivity index (χ1) is 64.2. The van der Waals surface area contributed by atoms with Crippen LogP contribution in [0.15, 0.2) is 164 Å². The van der Waals surface area contributed by atoms with Crippen molar-refractivity contribution in [2.24, 2.45) is 0 Å². The van der Waals surface area contributed by atoms with E-state index < -0.39 is 42.7 Å². The van der Waals surface area contributed by atoms with E-state index in [-0.39, 0.29) is 119 Å². The fraction of sp³-hybridized carbons (Fsp3) is 0.426. The van der Waals surface area contributed by atoms with Gasteiger partial charge in [0.15, 0.2) is 0 Å². The van der Waals surface area contributed by atoms with E-state index in [4.69, 9.17) is 43.6 Å². The Kier molecular flexibility index (Phi) is 34.8. The van der Waals surface area contributed by atoms with Crippen molar-refractivity contribution in [3.63, 3.8) is 0 Å². The van der Waals surface area contributed by atoms with E-state index in [1.54, 1.807) is 13.2 Å². The number of aliphatic hydroxyl groups is 4. The number of methoxy groups -OCH3 is 1. The molecule has 0 spiro atoms. The van der Waals surface area contributed by atoms with Crippen LogP contribution in [-0.4, -0.2) is 134 Å². The number of aliphatic hydroxyl groups excluding tert-OH is 4. The number of carbonyl (C=O) groups excluding carboxylic acids is 4. The molecule has 7 aliphatic rings. The summed E-state index contributed by atoms with van der Waals surface area (Å²) in [6.07, 6.45) is 16.4. The SMILES string of the molecule is C.C.C.CC(C)c1cc(-c2c(/C=C/C3CC(O)CC(=O)O3)c(C3CC3)nc3ccccc23)ccc1F.CC(C)c1ccc2nc(C3CC3)c(/C=C/C3CC(O)CC(=O)O3)c(-c3ccc(F)cc3)c2c1.CC(C)c1ccc2nc(C3CC3)c(/C=C/C3CC(O)CC(=O)O3)c(-c3ccc(F)cc3)c2c1.COCc1c(N(C)C)nc(C(C)C)c(CCC2CC(O)CC(=O)O2)c1-c1ccc(F)c(C(C)C)c1. The average molecular weight is 1870 g/mol. The molecule has 18 nitrogen and oxygen atoms in total. The van der Waals surface area contributed by atoms with Crippen molar-refractivity contribution >= 4 is 80.6 Å². The summed E-state index contributed by atoms with van der Waals surface area (Å²) in [5.74, 6) is 0.456. The molecule has 11 aromatic rings. The zero-order chi connectivity index (χ0) is 95.2. The minimum Gasteiger partial charge on any atom is -0.462 e. The van der Waals surface area contributed by atoms with Crippen LogP contribution in [-0.2, 0) is 55.9 Å². The number of aromatic nitrogens is 4. The standard InChI is InChI=1S/C28H39FN2O4.3C28H28FNO3.3CH4/c1-16(2)22-12-18(8-11-24(22)29)26-21(10-9-20-13-19(32)14-25(33)35-20)27(17(3)4)30-28(31(5)6)23(26)15-34-7;2*1-16(2)19-7-12-25-24(13-19)27(17-5-8-20(29)9-6-17)23(28(30-25)18-3-4-18)11-10-22-14-21(31)15-26(32)33-22;1-16(2)23-13-18(9-12-24(23)29)27-21-5-3-4-6-25(21)30-28(17-7-8-17)22(27)11-10-20-14-19(31)15-26(32)33-20;;;/h8,11-12,16-17,19-20,32H,9-10,13-15H2,1-7H3;2*5-13,16,18,21-22,31H,3-4,14-15H2,1-2H3;3-6,9-13,16-17,19-20,31H,7-8,14-15H2,1-2H3;3*1H4/b;3*11-10+;;;. The van der Waals surface area contributed by atoms with Crippen molar-refractivity contribution in [2.75, 3.05) is 26.1 Å². The number of nitrogens with zero attached hydrogens (tertiary/aromatic N) is 5. The maximum atomic E-state index is 14.6. The van der Waals surface area contributed by atoms with Crippen molar-refractivity contribution in [1.29, 1.82) is 0 Å². The van der Waals surface area contributed by atoms with Crippen molar-refractivity contribution in [2.45, 2.75) is 297 Å². The Hall–Kier alpha value is -11.7. The number of rotatable bonds is 24. The molecule has 0 amide bonds. The van der Waals surface area contributed by atoms with Crippen LogP contribution in [0, 0.1) is 23.3 Å². The highest BCUT2D eigenvalue weighted by Gasteiger charge is 2.37. The van der Waals surface area contributed by atoms with Gasteiger partial charge in [0.25, 0.3) is 0 Å². The van der Waals surface area contributed by atoms with Crippen LogP contribution in [0.4, 0.5) is 23.4 Å². The number of cyclic esters (lactones) is 4. The molecule has 4 aliphatic heterocycles. The Labute approximate surface area is 804 Å². The Morgan fingerprint density at radius 3 is 1.13 bits per heavy atom. The van der Waals surface area contributed by atoms with Crippen LogP contribution < -0.4 is 4.90 Å². The molecule has 18 rings (SSSR count). The smallest absolute Gasteiger partial charge is 0.309 e. The maximum absolute atomic E-state index is 14.6. The predicted molar refractivity (Wildman–Crippen MR) is 539 cm³/mol. The van der Waals surface area contributed by atoms with E-state index in [0.717, 1.165) is 172 Å². The van der Waals surface area contributed by atoms with Gasteiger partial charge in [-0.3, -0.25) is 34.1 Å². The van der Waals surface area contributed by atoms with Crippen LogP contribution in [0.5, 0.6) is 0 Å². The number of carbonyl (C=O) groups is 4. The fourth-order valence-electron chi connectivity index (χ4n) is 18.7. The summed E-state index contributed by atoms with van der Waals surface area (Å²) in [7, 11) is 5.58. The zero-order valence-electron chi connectivity index (χ0n) is 78.8. The van der Waals surface area contributed by atoms with Crippen molar-refractivity contribution in [3.05, 3.63) is 260 Å². The molecule has 7 fully saturated rings. The third-order valence-electron chi connectivity index (χ3n) is 26.0. The molecule has 3 saturated carbocycles. The van der Waals surface area contributed by atoms with E-state index >= 15 is 0 Å². The summed E-state index contributed by atoms with van der Waals surface area (Å²) in [5, 5.41) is 43.1. The second-order valence-corrected chi connectivity index (χ2v) is 38.7. The number of pyridine rings is 4. The van der Waals surface area contributed by atoms with Crippen molar-refractivity contribution in [3.8, 4) is 44.5 Å². The first-order valence-electron chi connectivity index (χ1n) is 47.5. The van der Waals surface area contributed by atoms with Crippen LogP contribution >= 0.6 is 0 Å². The molecule has 7 aromatic carbocycles. The molecule has 4 saturated heterocycles. The number of hydrogen-bond donors (Lipinski definition) is 4. The van der Waals surface area contributed by atoms with Crippen LogP contribution in [0.2, 0.25) is 0 Å². The molecule has 22 heteroatoms. The van der Waals surface area contributed by atoms with Gasteiger partial charge in [-0.2, -0.15) is 0 Å². The molecule has 0 bridgehead atoms. The first-order valence-corrected chi connectivity index (χ1v) is 47.5. The molecule has 8 heterocycles. The highest BCUT2D eigenvalue weighted by molar-refractivity contribution is 6.03. The topological polar surface area (TPSA) is 250 Å². The van der Waals surface area contributed by atoms with E-state index in [2.05, 4.69) is 84.0 Å². The van der Waals surface area contributed by atoms with E-state index in [1.807, 2.05) is 150 Å². The second-order valence-electron chi connectivity index (χ2n) is 38.7. The molecule has 4 N–H and O–H groups in total. The van der Waals surface area contributed by atoms with Crippen molar-refractivity contribution in [1.82, 2.24) is 19.9 Å². The lowest BCUT2D eigenvalue weighted by Crippen LogP contribution is -2.33. The van der Waals surface area contributed by atoms with Crippen LogP contribution in [0.1, 0.15) is 308 Å². The number of anilines is 1. The molecule has 0 radical (unpaired) electrons. The van der Waals surface area contributed by atoms with Crippen molar-refractivity contribution < 1.29 is 80.9 Å². The summed E-state index contributed by atoms with van der Waals surface area (Å²) in [6, 6.07) is 44.6. The lowest BCUT2D eigenvalue weighted by Gasteiger charge is -2.29. The summed E-state index contributed by atoms with van der Waals surface area (Å²) in [6.45, 7) is 21.2. The Morgan fingerprint density at radius 1 is 0.409 bits per heavy atom. The van der Waals surface area contributed by atoms with Gasteiger partial charge >= 0.3 is 23.9 Å². The third kappa shape index (κ3) is 25.3. The van der Waals surface area contributed by atoms with E-state index in [9.17, 15) is 57.2 Å². The maximum Gasteiger partial charge on any atom is 0.309 e. The van der Waals surface area contributed by atoms with Gasteiger partial charge in [-0.25, -0.2) is 22.5 Å². The highest BCUT2D eigenvalue weighted by atomic mass is 19.1. The largest absolute Gasteiger partial charge is 0.462 e. The Balaban J connectivity index is 0.000000163. The Bertz CT molecular complexity index is 6060. The number of fused-ring (bicyclic) bond motifs is 3. The van der Waals surface area contributed by atoms with E-state index in [1.165, 1.54) is 41.5 Å². The van der Waals surface area contributed by atoms with Crippen LogP contribution in [0.3, 0.4) is 0 Å². The van der Waals surface area contributed by atoms with Crippen LogP contribution in [0.25, 0.3) is 95.4 Å². The van der Waals surface area contributed by atoms with Gasteiger partial charge in [-0.1, -0.05) is 176 Å². The molecular weight excluding hydrogens is 1740 g/mol. The number of para-hydroxylation sites is 1. The fourth-order valence-corrected chi connectivity index (χ4v) is 18.7. The predicted octanol–water partition coefficient (Wildman–Crippen LogP) is 25.6. The number of ether oxygens (including phenoxy) is 5. The molecular formula is C115H135F4N5O13. The minimum absolute atomic E-state index is 0. The van der Waals surface area contributed by atoms with Gasteiger partial charge in [-0.05, 0) is 234 Å². The van der Waals surface area contributed by atoms with Gasteiger partial charge < -0.3 is 49.0 Å². The molecule has 726 valence electrons. The Morgan fingerprint density at radius 2 is 0.774 bits per heavy atom. The number of esters is 4. The average Bonchev–Trinajstić information content (AvgIpc) is 1.58. The molecule has 137 heavy (non-hydrogen) atoms. The highest BCUT2D eigenvalue weighted by Crippen LogP contribution is 2.51. The summed E-state index contributed by atoms with van der Waals surface area (Å²) in [4.78, 5) is 69.5. The number of hydrogen-bond acceptors (Lipinski definition) is 18. The number of benzene rings is 7. The van der Waals surface area contributed by atoms with E-state index in [0.29, 0.717) is 85.8 Å². The molecule has 8 unspecified atom stereocenters. The monoisotopic (exact) mass is 1870 g/mol. The lowest BCUT2D eigenvalue weighted by molar-refractivity contribution is -0.160.